The van der Waals surface area contributed by atoms with Crippen molar-refractivity contribution in [2.24, 2.45) is 0 Å². The molecule has 1 fully saturated rings. The molecule has 1 aromatic carbocycles. The van der Waals surface area contributed by atoms with Gasteiger partial charge in [-0.05, 0) is 70.9 Å². The molecule has 220 valence electrons. The molecule has 0 saturated heterocycles. The van der Waals surface area contributed by atoms with E-state index >= 15 is 0 Å². The van der Waals surface area contributed by atoms with Crippen LogP contribution in [0.3, 0.4) is 0 Å². The third-order valence-electron chi connectivity index (χ3n) is 6.99. The number of hydrogen-bond donors (Lipinski definition) is 3. The molecule has 2 amide bonds. The first-order chi connectivity index (χ1) is 19.9. The Morgan fingerprint density at radius 1 is 1.02 bits per heavy atom. The van der Waals surface area contributed by atoms with Gasteiger partial charge >= 0.3 is 6.09 Å². The van der Waals surface area contributed by atoms with Crippen LogP contribution in [0.1, 0.15) is 49.5 Å². The summed E-state index contributed by atoms with van der Waals surface area (Å²) in [6.07, 6.45) is 5.41. The van der Waals surface area contributed by atoms with E-state index in [-0.39, 0.29) is 28.5 Å². The number of hydrogen-bond acceptors (Lipinski definition) is 8. The van der Waals surface area contributed by atoms with Gasteiger partial charge in [-0.25, -0.2) is 22.2 Å². The number of nitrogens with zero attached hydrogens (tertiary/aromatic N) is 3. The lowest BCUT2D eigenvalue weighted by molar-refractivity contribution is 0.0475. The molecule has 1 saturated carbocycles. The van der Waals surface area contributed by atoms with Crippen molar-refractivity contribution in [3.05, 3.63) is 72.2 Å². The number of carbonyl (C=O) groups excluding carboxylic acids is 2. The zero-order chi connectivity index (χ0) is 30.2. The van der Waals surface area contributed by atoms with E-state index in [1.54, 1.807) is 61.9 Å². The number of aryl methyl sites for hydroxylation is 1. The summed E-state index contributed by atoms with van der Waals surface area (Å²) in [5.41, 5.74) is 2.80. The Morgan fingerprint density at radius 3 is 2.40 bits per heavy atom. The molecule has 0 aliphatic heterocycles. The molecular formula is C30H34N6O5S. The maximum atomic E-state index is 13.6. The van der Waals surface area contributed by atoms with Crippen LogP contribution in [-0.4, -0.2) is 59.1 Å². The van der Waals surface area contributed by atoms with Gasteiger partial charge in [-0.1, -0.05) is 17.7 Å². The van der Waals surface area contributed by atoms with Gasteiger partial charge in [0.2, 0.25) is 0 Å². The summed E-state index contributed by atoms with van der Waals surface area (Å²) in [7, 11) is -2.36. The highest BCUT2D eigenvalue weighted by molar-refractivity contribution is 7.90. The summed E-state index contributed by atoms with van der Waals surface area (Å²) in [4.78, 5) is 33.7. The van der Waals surface area contributed by atoms with Crippen molar-refractivity contribution >= 4 is 38.7 Å². The van der Waals surface area contributed by atoms with Crippen LogP contribution >= 0.6 is 0 Å². The van der Waals surface area contributed by atoms with Crippen molar-refractivity contribution < 1.29 is 22.7 Å². The van der Waals surface area contributed by atoms with Crippen molar-refractivity contribution in [1.82, 2.24) is 24.6 Å². The molecule has 0 radical (unpaired) electrons. The van der Waals surface area contributed by atoms with Crippen LogP contribution < -0.4 is 16.0 Å². The monoisotopic (exact) mass is 590 g/mol. The Balaban J connectivity index is 1.51. The molecule has 3 heterocycles. The zero-order valence-electron chi connectivity index (χ0n) is 24.1. The molecule has 11 nitrogen and oxygen atoms in total. The van der Waals surface area contributed by atoms with E-state index < -0.39 is 21.7 Å². The lowest BCUT2D eigenvalue weighted by Gasteiger charge is -2.37. The molecule has 1 aliphatic carbocycles. The molecule has 0 unspecified atom stereocenters. The molecule has 3 N–H and O–H groups in total. The van der Waals surface area contributed by atoms with Gasteiger partial charge in [0.05, 0.1) is 16.3 Å². The summed E-state index contributed by atoms with van der Waals surface area (Å²) in [6.45, 7) is 7.33. The Morgan fingerprint density at radius 2 is 1.74 bits per heavy atom. The van der Waals surface area contributed by atoms with E-state index in [2.05, 4.69) is 25.9 Å². The van der Waals surface area contributed by atoms with Gasteiger partial charge in [0, 0.05) is 54.2 Å². The minimum absolute atomic E-state index is 0.0199. The van der Waals surface area contributed by atoms with Crippen LogP contribution in [0.5, 0.6) is 0 Å². The Hall–Kier alpha value is -4.45. The number of aromatic nitrogens is 3. The van der Waals surface area contributed by atoms with Crippen LogP contribution in [0.15, 0.2) is 66.0 Å². The molecule has 5 rings (SSSR count). The largest absolute Gasteiger partial charge is 0.444 e. The first-order valence-corrected chi connectivity index (χ1v) is 15.1. The Labute approximate surface area is 244 Å². The normalized spacial score (nSPS) is 16.9. The number of anilines is 1. The van der Waals surface area contributed by atoms with Gasteiger partial charge in [-0.15, -0.1) is 0 Å². The third kappa shape index (κ3) is 5.94. The molecule has 12 heteroatoms. The van der Waals surface area contributed by atoms with Crippen LogP contribution in [-0.2, 0) is 14.8 Å². The molecule has 0 bridgehead atoms. The fourth-order valence-electron chi connectivity index (χ4n) is 4.83. The van der Waals surface area contributed by atoms with Crippen LogP contribution in [0, 0.1) is 6.92 Å². The SMILES string of the molecule is CNC(=O)c1ccnc(-c2cnc3c(ccn3S(=O)(=O)c3ccc(C)cc3)c2NC2CC(NC(=O)OC(C)(C)C)C2)c1. The summed E-state index contributed by atoms with van der Waals surface area (Å²) in [6, 6.07) is 11.5. The quantitative estimate of drug-likeness (QED) is 0.286. The summed E-state index contributed by atoms with van der Waals surface area (Å²) in [5, 5.41) is 9.62. The van der Waals surface area contributed by atoms with E-state index in [0.717, 1.165) is 5.56 Å². The fourth-order valence-corrected chi connectivity index (χ4v) is 6.13. The summed E-state index contributed by atoms with van der Waals surface area (Å²) in [5.74, 6) is -0.257. The van der Waals surface area contributed by atoms with Gasteiger partial charge in [0.15, 0.2) is 5.65 Å². The number of nitrogens with one attached hydrogen (secondary N) is 3. The predicted octanol–water partition coefficient (Wildman–Crippen LogP) is 4.47. The predicted molar refractivity (Wildman–Crippen MR) is 160 cm³/mol. The fraction of sp³-hybridized carbons (Fsp3) is 0.333. The second kappa shape index (κ2) is 11.1. The van der Waals surface area contributed by atoms with Gasteiger partial charge in [-0.3, -0.25) is 9.78 Å². The highest BCUT2D eigenvalue weighted by atomic mass is 32.2. The molecule has 4 aromatic rings. The average Bonchev–Trinajstić information content (AvgIpc) is 3.36. The molecule has 0 spiro atoms. The lowest BCUT2D eigenvalue weighted by Crippen LogP contribution is -2.50. The number of carbonyl (C=O) groups is 2. The number of benzene rings is 1. The number of alkyl carbamates (subject to hydrolysis) is 1. The second-order valence-electron chi connectivity index (χ2n) is 11.4. The van der Waals surface area contributed by atoms with Gasteiger partial charge in [-0.2, -0.15) is 0 Å². The minimum atomic E-state index is -3.92. The van der Waals surface area contributed by atoms with Crippen molar-refractivity contribution in [3.63, 3.8) is 0 Å². The average molecular weight is 591 g/mol. The van der Waals surface area contributed by atoms with Crippen LogP contribution in [0.2, 0.25) is 0 Å². The number of pyridine rings is 2. The van der Waals surface area contributed by atoms with Crippen molar-refractivity contribution in [1.29, 1.82) is 0 Å². The first kappa shape index (κ1) is 29.1. The van der Waals surface area contributed by atoms with Crippen molar-refractivity contribution in [2.75, 3.05) is 12.4 Å². The Kier molecular flexibility index (Phi) is 7.67. The van der Waals surface area contributed by atoms with Crippen molar-refractivity contribution in [3.8, 4) is 11.3 Å². The van der Waals surface area contributed by atoms with E-state index in [0.29, 0.717) is 40.7 Å². The van der Waals surface area contributed by atoms with E-state index in [9.17, 15) is 18.0 Å². The Bertz CT molecular complexity index is 1750. The third-order valence-corrected chi connectivity index (χ3v) is 8.67. The first-order valence-electron chi connectivity index (χ1n) is 13.6. The maximum absolute atomic E-state index is 13.6. The lowest BCUT2D eigenvalue weighted by atomic mass is 9.86. The smallest absolute Gasteiger partial charge is 0.407 e. The summed E-state index contributed by atoms with van der Waals surface area (Å²) < 4.78 is 33.7. The van der Waals surface area contributed by atoms with Crippen LogP contribution in [0.25, 0.3) is 22.3 Å². The number of ether oxygens (including phenoxy) is 1. The number of rotatable bonds is 7. The molecule has 3 aromatic heterocycles. The van der Waals surface area contributed by atoms with E-state index in [1.807, 2.05) is 27.7 Å². The molecule has 1 aliphatic rings. The number of amides is 2. The van der Waals surface area contributed by atoms with Gasteiger partial charge in [0.25, 0.3) is 15.9 Å². The maximum Gasteiger partial charge on any atom is 0.407 e. The summed E-state index contributed by atoms with van der Waals surface area (Å²) >= 11 is 0. The van der Waals surface area contributed by atoms with E-state index in [4.69, 9.17) is 4.74 Å². The molecule has 42 heavy (non-hydrogen) atoms. The molecule has 0 atom stereocenters. The second-order valence-corrected chi connectivity index (χ2v) is 13.2. The number of fused-ring (bicyclic) bond motifs is 1. The van der Waals surface area contributed by atoms with Gasteiger partial charge < -0.3 is 20.7 Å². The van der Waals surface area contributed by atoms with E-state index in [1.165, 1.54) is 10.2 Å². The van der Waals surface area contributed by atoms with Gasteiger partial charge in [0.1, 0.15) is 5.60 Å². The highest BCUT2D eigenvalue weighted by Crippen LogP contribution is 2.37. The highest BCUT2D eigenvalue weighted by Gasteiger charge is 2.33. The standard InChI is InChI=1S/C30H34N6O5S/c1-18-6-8-22(9-7-18)42(39,40)36-13-11-23-26(34-20-15-21(16-20)35-29(38)41-30(2,3)4)24(17-33-27(23)36)25-14-19(10-12-32-25)28(37)31-5/h6-14,17,20-21H,15-16H2,1-5H3,(H,31,37)(H,33,34)(H,35,38). The molecular weight excluding hydrogens is 556 g/mol. The minimum Gasteiger partial charge on any atom is -0.444 e. The van der Waals surface area contributed by atoms with Crippen LogP contribution in [0.4, 0.5) is 10.5 Å². The zero-order valence-corrected chi connectivity index (χ0v) is 25.0. The topological polar surface area (TPSA) is 144 Å². The van der Waals surface area contributed by atoms with Crippen molar-refractivity contribution in [2.45, 2.75) is 63.1 Å².